The lowest BCUT2D eigenvalue weighted by Crippen LogP contribution is -2.60. The van der Waals surface area contributed by atoms with Gasteiger partial charge in [-0.25, -0.2) is 4.99 Å². The van der Waals surface area contributed by atoms with Crippen molar-refractivity contribution < 1.29 is 48.3 Å². The van der Waals surface area contributed by atoms with E-state index in [1.165, 1.54) is 13.8 Å². The summed E-state index contributed by atoms with van der Waals surface area (Å²) in [6, 6.07) is 9.50. The number of esters is 1. The lowest BCUT2D eigenvalue weighted by atomic mass is 9.73. The van der Waals surface area contributed by atoms with Gasteiger partial charge in [0, 0.05) is 30.5 Å². The van der Waals surface area contributed by atoms with Crippen LogP contribution in [0.2, 0.25) is 0 Å². The van der Waals surface area contributed by atoms with E-state index >= 15 is 0 Å². The molecule has 12 nitrogen and oxygen atoms in total. The van der Waals surface area contributed by atoms with Crippen molar-refractivity contribution in [3.63, 3.8) is 0 Å². The number of ether oxygens (including phenoxy) is 5. The second-order valence-electron chi connectivity index (χ2n) is 16.4. The molecule has 0 aliphatic carbocycles. The molecule has 1 amide bonds. The Kier molecular flexibility index (Phi) is 15.3. The normalized spacial score (nSPS) is 40.4. The smallest absolute Gasteiger partial charge is 0.316 e. The van der Waals surface area contributed by atoms with Gasteiger partial charge in [-0.2, -0.15) is 0 Å². The summed E-state index contributed by atoms with van der Waals surface area (Å²) in [5, 5.41) is 24.0. The molecule has 0 radical (unpaired) electrons. The predicted molar refractivity (Wildman–Crippen MR) is 210 cm³/mol. The van der Waals surface area contributed by atoms with Crippen molar-refractivity contribution in [1.82, 2.24) is 4.90 Å². The van der Waals surface area contributed by atoms with E-state index in [4.69, 9.17) is 23.7 Å². The fraction of sp³-hybridized carbons (Fsp3) is 0.674. The summed E-state index contributed by atoms with van der Waals surface area (Å²) in [5.41, 5.74) is -0.909. The molecule has 1 unspecified atom stereocenters. The lowest BCUT2D eigenvalue weighted by Gasteiger charge is -2.48. The van der Waals surface area contributed by atoms with Gasteiger partial charge in [-0.05, 0) is 78.1 Å². The highest BCUT2D eigenvalue weighted by Crippen LogP contribution is 2.40. The number of benzene rings is 1. The minimum absolute atomic E-state index is 0.0395. The molecule has 4 rings (SSSR count). The molecule has 55 heavy (non-hydrogen) atoms. The number of ketones is 1. The maximum absolute atomic E-state index is 14.4. The highest BCUT2D eigenvalue weighted by Gasteiger charge is 2.52. The Morgan fingerprint density at radius 3 is 2.35 bits per heavy atom. The first-order valence-corrected chi connectivity index (χ1v) is 19.7. The minimum atomic E-state index is -1.78. The zero-order chi connectivity index (χ0) is 40.8. The van der Waals surface area contributed by atoms with E-state index in [-0.39, 0.29) is 38.2 Å². The van der Waals surface area contributed by atoms with Gasteiger partial charge in [0.05, 0.1) is 37.1 Å². The van der Waals surface area contributed by atoms with Gasteiger partial charge >= 0.3 is 5.97 Å². The quantitative estimate of drug-likeness (QED) is 0.291. The Morgan fingerprint density at radius 2 is 1.73 bits per heavy atom. The Labute approximate surface area is 327 Å². The second kappa shape index (κ2) is 18.9. The van der Waals surface area contributed by atoms with Crippen LogP contribution in [-0.2, 0) is 38.1 Å². The average molecular weight is 769 g/mol. The van der Waals surface area contributed by atoms with E-state index in [1.807, 2.05) is 95.3 Å². The molecule has 0 aromatic heterocycles. The van der Waals surface area contributed by atoms with Crippen molar-refractivity contribution in [3.05, 3.63) is 53.6 Å². The molecule has 13 atom stereocenters. The maximum Gasteiger partial charge on any atom is 0.316 e. The standard InChI is InChI=1S/C43H64N2O10/c1-12-34-43(9,50)39-27(4)35(44-30(7)46)25(2)23-42(8,52-21-20-32(24-51-39)19-18-31-16-14-13-15-17-31)38(28(5)36(47)29(6)40(49)54-34)55-41-37(48)33(45(10)11)22-26(3)53-41/h13-20,25-29,33-34,37-39,41,48,50H,12,21-24H2,1-11H3/b19-18+,32-20-,44-35?/t25-,26-,27+,28-,29?,33+,34-,37-,38-,39+,41+,42-,43-/m1/s1. The number of hydrogen-bond acceptors (Lipinski definition) is 11. The molecular weight excluding hydrogens is 704 g/mol. The van der Waals surface area contributed by atoms with E-state index in [0.717, 1.165) is 11.1 Å². The van der Waals surface area contributed by atoms with Crippen LogP contribution in [0.15, 0.2) is 53.0 Å². The number of likely N-dealkylation sites (N-methyl/N-ethyl adjacent to an activating group) is 1. The fourth-order valence-corrected chi connectivity index (χ4v) is 8.55. The van der Waals surface area contributed by atoms with Crippen molar-refractivity contribution in [2.75, 3.05) is 27.3 Å². The average Bonchev–Trinajstić information content (AvgIpc) is 3.12. The maximum atomic E-state index is 14.4. The third-order valence-corrected chi connectivity index (χ3v) is 11.6. The molecule has 3 heterocycles. The lowest BCUT2D eigenvalue weighted by molar-refractivity contribution is -0.296. The number of aliphatic imine (C=N–C) groups is 1. The van der Waals surface area contributed by atoms with Crippen LogP contribution < -0.4 is 0 Å². The summed E-state index contributed by atoms with van der Waals surface area (Å²) in [5.74, 6) is -5.00. The van der Waals surface area contributed by atoms with Gasteiger partial charge < -0.3 is 38.8 Å². The van der Waals surface area contributed by atoms with Crippen LogP contribution in [0.25, 0.3) is 6.08 Å². The number of nitrogens with zero attached hydrogens (tertiary/aromatic N) is 2. The fourth-order valence-electron chi connectivity index (χ4n) is 8.55. The first-order valence-electron chi connectivity index (χ1n) is 19.7. The molecule has 12 heteroatoms. The minimum Gasteiger partial charge on any atom is -0.459 e. The zero-order valence-electron chi connectivity index (χ0n) is 34.6. The first kappa shape index (κ1) is 44.6. The highest BCUT2D eigenvalue weighted by molar-refractivity contribution is 6.00. The number of aliphatic hydroxyl groups is 2. The number of rotatable bonds is 6. The van der Waals surface area contributed by atoms with Crippen LogP contribution in [-0.4, -0.2) is 120 Å². The van der Waals surface area contributed by atoms with Crippen molar-refractivity contribution in [2.24, 2.45) is 28.7 Å². The highest BCUT2D eigenvalue weighted by atomic mass is 16.7. The Hall–Kier alpha value is -3.10. The van der Waals surface area contributed by atoms with Crippen molar-refractivity contribution in [1.29, 1.82) is 0 Å². The summed E-state index contributed by atoms with van der Waals surface area (Å²) in [4.78, 5) is 47.6. The van der Waals surface area contributed by atoms with Gasteiger partial charge in [0.15, 0.2) is 12.1 Å². The first-order chi connectivity index (χ1) is 25.8. The predicted octanol–water partition coefficient (Wildman–Crippen LogP) is 5.19. The van der Waals surface area contributed by atoms with Crippen molar-refractivity contribution >= 4 is 29.4 Å². The topological polar surface area (TPSA) is 153 Å². The molecular formula is C43H64N2O10. The Balaban J connectivity index is 1.97. The van der Waals surface area contributed by atoms with Crippen molar-refractivity contribution in [3.8, 4) is 0 Å². The summed E-state index contributed by atoms with van der Waals surface area (Å²) in [6.45, 7) is 15.5. The zero-order valence-corrected chi connectivity index (χ0v) is 34.6. The van der Waals surface area contributed by atoms with Crippen LogP contribution in [0, 0.1) is 23.7 Å². The molecule has 1 aromatic rings. The molecule has 3 aliphatic rings. The summed E-state index contributed by atoms with van der Waals surface area (Å²) in [7, 11) is 3.77. The SMILES string of the molecule is CC[C@H]1OC(=O)C(C)C(=O)[C@@H](C)[C@@H](O[C@@H]2O[C@H](C)C[C@H](N(C)C)[C@H]2O)[C@@]2(C)C[C@@H](C)C(=NC(C)=O)[C@H](C)[C@H](OCC(/C=C/c3ccccc3)=C\CO2)[C@]1(C)O. The molecule has 1 aromatic carbocycles. The third-order valence-electron chi connectivity index (χ3n) is 11.6. The number of Topliss-reactive ketones (excluding diaryl/α,β-unsaturated/α-hetero) is 1. The van der Waals surface area contributed by atoms with E-state index < -0.39 is 83.2 Å². The monoisotopic (exact) mass is 768 g/mol. The van der Waals surface area contributed by atoms with Crippen LogP contribution in [0.1, 0.15) is 87.1 Å². The number of hydrogen-bond donors (Lipinski definition) is 2. The van der Waals surface area contributed by atoms with E-state index in [0.29, 0.717) is 12.1 Å². The number of fused-ring (bicyclic) bond motifs is 5. The number of aliphatic hydroxyl groups excluding tert-OH is 1. The molecule has 2 bridgehead atoms. The second-order valence-corrected chi connectivity index (χ2v) is 16.4. The molecule has 0 spiro atoms. The third kappa shape index (κ3) is 10.7. The number of carbonyl (C=O) groups is 3. The van der Waals surface area contributed by atoms with Crippen LogP contribution in [0.4, 0.5) is 0 Å². The Bertz CT molecular complexity index is 1570. The summed E-state index contributed by atoms with van der Waals surface area (Å²) in [6.07, 6.45) is 1.15. The molecule has 3 aliphatic heterocycles. The van der Waals surface area contributed by atoms with Gasteiger partial charge in [-0.3, -0.25) is 14.4 Å². The van der Waals surface area contributed by atoms with Gasteiger partial charge in [0.2, 0.25) is 5.91 Å². The van der Waals surface area contributed by atoms with Gasteiger partial charge in [-0.15, -0.1) is 0 Å². The largest absolute Gasteiger partial charge is 0.459 e. The number of carbonyl (C=O) groups excluding carboxylic acids is 3. The van der Waals surface area contributed by atoms with E-state index in [2.05, 4.69) is 4.99 Å². The van der Waals surface area contributed by atoms with Gasteiger partial charge in [-0.1, -0.05) is 76.3 Å². The number of amides is 1. The molecule has 2 fully saturated rings. The Morgan fingerprint density at radius 1 is 1.05 bits per heavy atom. The molecule has 0 saturated carbocycles. The van der Waals surface area contributed by atoms with Gasteiger partial charge in [0.25, 0.3) is 0 Å². The molecule has 306 valence electrons. The molecule has 2 saturated heterocycles. The molecule has 2 N–H and O–H groups in total. The van der Waals surface area contributed by atoms with Crippen LogP contribution in [0.5, 0.6) is 0 Å². The summed E-state index contributed by atoms with van der Waals surface area (Å²) < 4.78 is 32.5. The van der Waals surface area contributed by atoms with Crippen LogP contribution >= 0.6 is 0 Å². The van der Waals surface area contributed by atoms with E-state index in [9.17, 15) is 24.6 Å². The van der Waals surface area contributed by atoms with E-state index in [1.54, 1.807) is 20.8 Å². The van der Waals surface area contributed by atoms with Crippen molar-refractivity contribution in [2.45, 2.75) is 136 Å². The van der Waals surface area contributed by atoms with Crippen LogP contribution in [0.3, 0.4) is 0 Å². The van der Waals surface area contributed by atoms with Gasteiger partial charge in [0.1, 0.15) is 23.7 Å². The number of cyclic esters (lactones) is 1. The summed E-state index contributed by atoms with van der Waals surface area (Å²) >= 11 is 0.